The summed E-state index contributed by atoms with van der Waals surface area (Å²) in [5.74, 6) is -1.23. The van der Waals surface area contributed by atoms with E-state index in [1.807, 2.05) is 0 Å². The molecule has 0 bridgehead atoms. The zero-order valence-electron chi connectivity index (χ0n) is 15.8. The van der Waals surface area contributed by atoms with Gasteiger partial charge in [-0.15, -0.1) is 0 Å². The third-order valence-electron chi connectivity index (χ3n) is 5.67. The van der Waals surface area contributed by atoms with Gasteiger partial charge in [-0.3, -0.25) is 19.7 Å². The number of carboxylic acids is 1. The number of likely N-dealkylation sites (N-methyl/N-ethyl adjacent to an activating group) is 1. The number of amides is 1. The van der Waals surface area contributed by atoms with Crippen LogP contribution in [0.25, 0.3) is 0 Å². The molecule has 2 heterocycles. The SMILES string of the molecule is CN(CC(=O)N1CCC([C@@H]2OCCC2C(=O)O)CC1)c1ccccc1[N+](=O)[O-]. The van der Waals surface area contributed by atoms with Gasteiger partial charge in [-0.25, -0.2) is 0 Å². The summed E-state index contributed by atoms with van der Waals surface area (Å²) in [5, 5.41) is 20.5. The molecule has 152 valence electrons. The molecule has 0 spiro atoms. The van der Waals surface area contributed by atoms with Crippen molar-refractivity contribution in [3.63, 3.8) is 0 Å². The number of carbonyl (C=O) groups excluding carboxylic acids is 1. The fraction of sp³-hybridized carbons (Fsp3) is 0.579. The first-order chi connectivity index (χ1) is 13.4. The molecule has 9 heteroatoms. The third kappa shape index (κ3) is 4.24. The molecule has 2 saturated heterocycles. The number of carbonyl (C=O) groups is 2. The fourth-order valence-corrected chi connectivity index (χ4v) is 4.15. The number of aliphatic carboxylic acids is 1. The van der Waals surface area contributed by atoms with Crippen molar-refractivity contribution >= 4 is 23.3 Å². The van der Waals surface area contributed by atoms with Gasteiger partial charge in [0.05, 0.1) is 23.5 Å². The molecule has 2 aliphatic heterocycles. The molecule has 0 saturated carbocycles. The predicted octanol–water partition coefficient (Wildman–Crippen LogP) is 1.76. The Labute approximate surface area is 163 Å². The smallest absolute Gasteiger partial charge is 0.309 e. The van der Waals surface area contributed by atoms with E-state index in [-0.39, 0.29) is 30.2 Å². The number of para-hydroxylation sites is 2. The van der Waals surface area contributed by atoms with Crippen LogP contribution in [0.15, 0.2) is 24.3 Å². The topological polar surface area (TPSA) is 113 Å². The van der Waals surface area contributed by atoms with Gasteiger partial charge >= 0.3 is 5.97 Å². The first kappa shape index (κ1) is 20.1. The van der Waals surface area contributed by atoms with Crippen LogP contribution in [0.1, 0.15) is 19.3 Å². The van der Waals surface area contributed by atoms with Crippen molar-refractivity contribution in [1.29, 1.82) is 0 Å². The predicted molar refractivity (Wildman–Crippen MR) is 101 cm³/mol. The molecule has 1 amide bonds. The molecule has 1 N–H and O–H groups in total. The normalized spacial score (nSPS) is 22.8. The summed E-state index contributed by atoms with van der Waals surface area (Å²) < 4.78 is 5.66. The lowest BCUT2D eigenvalue weighted by molar-refractivity contribution is -0.384. The molecule has 1 aromatic rings. The summed E-state index contributed by atoms with van der Waals surface area (Å²) in [6.07, 6.45) is 1.68. The number of nitrogens with zero attached hydrogens (tertiary/aromatic N) is 3. The molecule has 2 aliphatic rings. The molecule has 2 atom stereocenters. The van der Waals surface area contributed by atoms with Crippen LogP contribution < -0.4 is 4.90 Å². The van der Waals surface area contributed by atoms with E-state index in [1.165, 1.54) is 6.07 Å². The highest BCUT2D eigenvalue weighted by Crippen LogP contribution is 2.33. The molecule has 0 aromatic heterocycles. The van der Waals surface area contributed by atoms with Gasteiger partial charge < -0.3 is 19.6 Å². The van der Waals surface area contributed by atoms with E-state index < -0.39 is 16.8 Å². The van der Waals surface area contributed by atoms with Crippen molar-refractivity contribution in [2.24, 2.45) is 11.8 Å². The Morgan fingerprint density at radius 2 is 1.96 bits per heavy atom. The Hall–Kier alpha value is -2.68. The van der Waals surface area contributed by atoms with Crippen molar-refractivity contribution in [3.8, 4) is 0 Å². The standard InChI is InChI=1S/C19H25N3O6/c1-20(15-4-2-3-5-16(15)22(26)27)12-17(23)21-9-6-13(7-10-21)18-14(19(24)25)8-11-28-18/h2-5,13-14,18H,6-12H2,1H3,(H,24,25)/t14?,18-/m0/s1. The summed E-state index contributed by atoms with van der Waals surface area (Å²) in [5.41, 5.74) is 0.369. The van der Waals surface area contributed by atoms with Gasteiger partial charge in [0.2, 0.25) is 5.91 Å². The van der Waals surface area contributed by atoms with Crippen LogP contribution >= 0.6 is 0 Å². The van der Waals surface area contributed by atoms with Crippen molar-refractivity contribution in [2.75, 3.05) is 38.2 Å². The number of nitro benzene ring substituents is 1. The van der Waals surface area contributed by atoms with Crippen LogP contribution in [0.5, 0.6) is 0 Å². The second-order valence-corrected chi connectivity index (χ2v) is 7.39. The molecule has 0 radical (unpaired) electrons. The average Bonchev–Trinajstić information content (AvgIpc) is 3.18. The van der Waals surface area contributed by atoms with E-state index in [0.29, 0.717) is 44.6 Å². The monoisotopic (exact) mass is 391 g/mol. The Morgan fingerprint density at radius 3 is 2.61 bits per heavy atom. The van der Waals surface area contributed by atoms with Crippen LogP contribution in [-0.4, -0.2) is 66.2 Å². The van der Waals surface area contributed by atoms with Gasteiger partial charge in [0.25, 0.3) is 5.69 Å². The molecule has 0 aliphatic carbocycles. The van der Waals surface area contributed by atoms with E-state index in [9.17, 15) is 24.8 Å². The van der Waals surface area contributed by atoms with Gasteiger partial charge in [-0.2, -0.15) is 0 Å². The second kappa shape index (κ2) is 8.55. The summed E-state index contributed by atoms with van der Waals surface area (Å²) in [7, 11) is 1.66. The number of likely N-dealkylation sites (tertiary alicyclic amines) is 1. The highest BCUT2D eigenvalue weighted by atomic mass is 16.6. The molecule has 28 heavy (non-hydrogen) atoms. The van der Waals surface area contributed by atoms with Crippen molar-refractivity contribution in [2.45, 2.75) is 25.4 Å². The second-order valence-electron chi connectivity index (χ2n) is 7.39. The summed E-state index contributed by atoms with van der Waals surface area (Å²) in [6, 6.07) is 6.34. The van der Waals surface area contributed by atoms with E-state index in [1.54, 1.807) is 35.0 Å². The maximum absolute atomic E-state index is 12.7. The molecular weight excluding hydrogens is 366 g/mol. The largest absolute Gasteiger partial charge is 0.481 e. The molecule has 3 rings (SSSR count). The molecular formula is C19H25N3O6. The number of carboxylic acid groups (broad SMARTS) is 1. The molecule has 2 fully saturated rings. The first-order valence-corrected chi connectivity index (χ1v) is 9.45. The van der Waals surface area contributed by atoms with Crippen LogP contribution in [0.3, 0.4) is 0 Å². The van der Waals surface area contributed by atoms with Crippen LogP contribution in [0.4, 0.5) is 11.4 Å². The molecule has 1 aromatic carbocycles. The lowest BCUT2D eigenvalue weighted by atomic mass is 9.84. The number of benzene rings is 1. The van der Waals surface area contributed by atoms with Gasteiger partial charge in [0.15, 0.2) is 0 Å². The molecule has 1 unspecified atom stereocenters. The van der Waals surface area contributed by atoms with Gasteiger partial charge in [0, 0.05) is 32.8 Å². The fourth-order valence-electron chi connectivity index (χ4n) is 4.15. The Morgan fingerprint density at radius 1 is 1.29 bits per heavy atom. The number of anilines is 1. The lowest BCUT2D eigenvalue weighted by Crippen LogP contribution is -2.46. The molecule has 9 nitrogen and oxygen atoms in total. The zero-order valence-corrected chi connectivity index (χ0v) is 15.8. The number of nitro groups is 1. The van der Waals surface area contributed by atoms with Gasteiger partial charge in [-0.1, -0.05) is 12.1 Å². The van der Waals surface area contributed by atoms with Crippen LogP contribution in [0.2, 0.25) is 0 Å². The third-order valence-corrected chi connectivity index (χ3v) is 5.67. The first-order valence-electron chi connectivity index (χ1n) is 9.45. The Bertz CT molecular complexity index is 747. The summed E-state index contributed by atoms with van der Waals surface area (Å²) in [4.78, 5) is 38.1. The van der Waals surface area contributed by atoms with E-state index in [2.05, 4.69) is 0 Å². The lowest BCUT2D eigenvalue weighted by Gasteiger charge is -2.36. The Kier molecular flexibility index (Phi) is 6.13. The van der Waals surface area contributed by atoms with E-state index in [0.717, 1.165) is 0 Å². The summed E-state index contributed by atoms with van der Waals surface area (Å²) in [6.45, 7) is 1.61. The number of hydrogen-bond acceptors (Lipinski definition) is 6. The van der Waals surface area contributed by atoms with Crippen molar-refractivity contribution < 1.29 is 24.4 Å². The number of rotatable bonds is 6. The maximum Gasteiger partial charge on any atom is 0.309 e. The minimum Gasteiger partial charge on any atom is -0.481 e. The van der Waals surface area contributed by atoms with Crippen molar-refractivity contribution in [3.05, 3.63) is 34.4 Å². The summed E-state index contributed by atoms with van der Waals surface area (Å²) >= 11 is 0. The highest BCUT2D eigenvalue weighted by Gasteiger charge is 2.40. The number of hydrogen-bond donors (Lipinski definition) is 1. The number of ether oxygens (including phenoxy) is 1. The van der Waals surface area contributed by atoms with E-state index >= 15 is 0 Å². The maximum atomic E-state index is 12.7. The quantitative estimate of drug-likeness (QED) is 0.581. The average molecular weight is 391 g/mol. The minimum absolute atomic E-state index is 0.0328. The van der Waals surface area contributed by atoms with Gasteiger partial charge in [-0.05, 0) is 31.2 Å². The van der Waals surface area contributed by atoms with Crippen LogP contribution in [-0.2, 0) is 14.3 Å². The van der Waals surface area contributed by atoms with Crippen molar-refractivity contribution in [1.82, 2.24) is 4.90 Å². The van der Waals surface area contributed by atoms with Crippen LogP contribution in [0, 0.1) is 22.0 Å². The van der Waals surface area contributed by atoms with E-state index in [4.69, 9.17) is 4.74 Å². The van der Waals surface area contributed by atoms with Gasteiger partial charge in [0.1, 0.15) is 5.69 Å². The minimum atomic E-state index is -0.813. The highest BCUT2D eigenvalue weighted by molar-refractivity contribution is 5.82. The Balaban J connectivity index is 1.56. The number of piperidine rings is 1. The zero-order chi connectivity index (χ0) is 20.3.